The average Bonchev–Trinajstić information content (AvgIpc) is 2.29. The molecule has 0 amide bonds. The molecule has 96 valence electrons. The van der Waals surface area contributed by atoms with Gasteiger partial charge >= 0.3 is 6.61 Å². The lowest BCUT2D eigenvalue weighted by Crippen LogP contribution is -2.23. The monoisotopic (exact) mass is 243 g/mol. The highest BCUT2D eigenvalue weighted by molar-refractivity contribution is 5.31. The van der Waals surface area contributed by atoms with Gasteiger partial charge in [0.05, 0.1) is 0 Å². The molecule has 1 aromatic rings. The van der Waals surface area contributed by atoms with Gasteiger partial charge in [-0.2, -0.15) is 8.78 Å². The second kappa shape index (κ2) is 6.55. The van der Waals surface area contributed by atoms with Gasteiger partial charge in [0.15, 0.2) is 0 Å². The van der Waals surface area contributed by atoms with Crippen molar-refractivity contribution in [3.8, 4) is 5.75 Å². The first kappa shape index (κ1) is 13.9. The molecule has 0 saturated heterocycles. The Kier molecular flexibility index (Phi) is 5.35. The summed E-state index contributed by atoms with van der Waals surface area (Å²) < 4.78 is 28.6. The van der Waals surface area contributed by atoms with Crippen LogP contribution in [0.4, 0.5) is 8.78 Å². The molecular formula is C13H19F2NO. The third kappa shape index (κ3) is 3.97. The van der Waals surface area contributed by atoms with Gasteiger partial charge in [-0.05, 0) is 30.7 Å². The fraction of sp³-hybridized carbons (Fsp3) is 0.538. The SMILES string of the molecule is CCC(C)C(NC)c1cccc(OC(F)F)c1. The number of alkyl halides is 2. The zero-order chi connectivity index (χ0) is 12.8. The van der Waals surface area contributed by atoms with Crippen molar-refractivity contribution in [2.24, 2.45) is 5.92 Å². The molecule has 2 atom stereocenters. The quantitative estimate of drug-likeness (QED) is 0.824. The summed E-state index contributed by atoms with van der Waals surface area (Å²) in [5.41, 5.74) is 0.972. The Morgan fingerprint density at radius 1 is 1.35 bits per heavy atom. The number of nitrogens with one attached hydrogen (secondary N) is 1. The Labute approximate surface area is 101 Å². The zero-order valence-electron chi connectivity index (χ0n) is 10.4. The van der Waals surface area contributed by atoms with Crippen LogP contribution in [0.5, 0.6) is 5.75 Å². The van der Waals surface area contributed by atoms with Gasteiger partial charge in [0.2, 0.25) is 0 Å². The number of ether oxygens (including phenoxy) is 1. The molecule has 0 saturated carbocycles. The smallest absolute Gasteiger partial charge is 0.387 e. The molecule has 0 spiro atoms. The van der Waals surface area contributed by atoms with Crippen LogP contribution in [-0.4, -0.2) is 13.7 Å². The van der Waals surface area contributed by atoms with Crippen LogP contribution in [0.2, 0.25) is 0 Å². The molecule has 4 heteroatoms. The molecule has 0 fully saturated rings. The van der Waals surface area contributed by atoms with E-state index in [2.05, 4.69) is 23.9 Å². The second-order valence-electron chi connectivity index (χ2n) is 4.10. The molecule has 2 unspecified atom stereocenters. The minimum Gasteiger partial charge on any atom is -0.435 e. The highest BCUT2D eigenvalue weighted by Gasteiger charge is 2.16. The van der Waals surface area contributed by atoms with E-state index in [0.717, 1.165) is 12.0 Å². The predicted molar refractivity (Wildman–Crippen MR) is 64.3 cm³/mol. The van der Waals surface area contributed by atoms with Crippen LogP contribution in [0, 0.1) is 5.92 Å². The predicted octanol–water partition coefficient (Wildman–Crippen LogP) is 3.59. The van der Waals surface area contributed by atoms with Crippen LogP contribution in [0.25, 0.3) is 0 Å². The van der Waals surface area contributed by atoms with Crippen LogP contribution >= 0.6 is 0 Å². The maximum atomic E-state index is 12.1. The number of benzene rings is 1. The molecule has 17 heavy (non-hydrogen) atoms. The molecule has 0 aliphatic rings. The number of rotatable bonds is 6. The summed E-state index contributed by atoms with van der Waals surface area (Å²) in [5, 5.41) is 3.21. The van der Waals surface area contributed by atoms with Gasteiger partial charge in [0.1, 0.15) is 5.75 Å². The Balaban J connectivity index is 2.88. The highest BCUT2D eigenvalue weighted by atomic mass is 19.3. The summed E-state index contributed by atoms with van der Waals surface area (Å²) in [6.07, 6.45) is 1.02. The molecule has 0 bridgehead atoms. The summed E-state index contributed by atoms with van der Waals surface area (Å²) in [6.45, 7) is 1.46. The Hall–Kier alpha value is -1.16. The number of hydrogen-bond donors (Lipinski definition) is 1. The standard InChI is InChI=1S/C13H19F2NO/c1-4-9(2)12(16-3)10-6-5-7-11(8-10)17-13(14)15/h5-9,12-13,16H,4H2,1-3H3. The number of hydrogen-bond acceptors (Lipinski definition) is 2. The van der Waals surface area contributed by atoms with E-state index in [9.17, 15) is 8.78 Å². The fourth-order valence-electron chi connectivity index (χ4n) is 1.90. The van der Waals surface area contributed by atoms with E-state index >= 15 is 0 Å². The summed E-state index contributed by atoms with van der Waals surface area (Å²) in [4.78, 5) is 0. The van der Waals surface area contributed by atoms with E-state index in [1.165, 1.54) is 0 Å². The molecule has 1 N–H and O–H groups in total. The van der Waals surface area contributed by atoms with Crippen LogP contribution in [0.15, 0.2) is 24.3 Å². The van der Waals surface area contributed by atoms with Gasteiger partial charge in [-0.15, -0.1) is 0 Å². The molecule has 2 nitrogen and oxygen atoms in total. The molecule has 0 aromatic heterocycles. The van der Waals surface area contributed by atoms with Crippen molar-refractivity contribution < 1.29 is 13.5 Å². The van der Waals surface area contributed by atoms with Crippen molar-refractivity contribution in [3.63, 3.8) is 0 Å². The lowest BCUT2D eigenvalue weighted by Gasteiger charge is -2.23. The topological polar surface area (TPSA) is 21.3 Å². The lowest BCUT2D eigenvalue weighted by molar-refractivity contribution is -0.0499. The van der Waals surface area contributed by atoms with E-state index in [-0.39, 0.29) is 11.8 Å². The molecule has 0 aliphatic carbocycles. The van der Waals surface area contributed by atoms with Gasteiger partial charge in [-0.1, -0.05) is 32.4 Å². The van der Waals surface area contributed by atoms with Gasteiger partial charge in [0, 0.05) is 6.04 Å². The van der Waals surface area contributed by atoms with Crippen LogP contribution in [0.3, 0.4) is 0 Å². The van der Waals surface area contributed by atoms with Crippen molar-refractivity contribution >= 4 is 0 Å². The largest absolute Gasteiger partial charge is 0.435 e. The first-order valence-electron chi connectivity index (χ1n) is 5.80. The van der Waals surface area contributed by atoms with Crippen molar-refractivity contribution in [1.82, 2.24) is 5.32 Å². The lowest BCUT2D eigenvalue weighted by atomic mass is 9.92. The molecule has 1 aromatic carbocycles. The van der Waals surface area contributed by atoms with Gasteiger partial charge in [0.25, 0.3) is 0 Å². The van der Waals surface area contributed by atoms with Gasteiger partial charge < -0.3 is 10.1 Å². The zero-order valence-corrected chi connectivity index (χ0v) is 10.4. The third-order valence-corrected chi connectivity index (χ3v) is 2.97. The van der Waals surface area contributed by atoms with Crippen molar-refractivity contribution in [2.45, 2.75) is 32.9 Å². The fourth-order valence-corrected chi connectivity index (χ4v) is 1.90. The molecule has 0 aliphatic heterocycles. The van der Waals surface area contributed by atoms with Crippen LogP contribution in [-0.2, 0) is 0 Å². The molecular weight excluding hydrogens is 224 g/mol. The maximum Gasteiger partial charge on any atom is 0.387 e. The van der Waals surface area contributed by atoms with E-state index in [1.54, 1.807) is 18.2 Å². The molecule has 1 rings (SSSR count). The molecule has 0 radical (unpaired) electrons. The van der Waals surface area contributed by atoms with E-state index in [1.807, 2.05) is 13.1 Å². The highest BCUT2D eigenvalue weighted by Crippen LogP contribution is 2.27. The first-order valence-corrected chi connectivity index (χ1v) is 5.80. The normalized spacial score (nSPS) is 14.7. The van der Waals surface area contributed by atoms with Crippen molar-refractivity contribution in [1.29, 1.82) is 0 Å². The Morgan fingerprint density at radius 2 is 2.06 bits per heavy atom. The third-order valence-electron chi connectivity index (χ3n) is 2.97. The molecule has 0 heterocycles. The van der Waals surface area contributed by atoms with Gasteiger partial charge in [-0.25, -0.2) is 0 Å². The Bertz CT molecular complexity index is 344. The summed E-state index contributed by atoms with van der Waals surface area (Å²) in [5.74, 6) is 0.642. The average molecular weight is 243 g/mol. The summed E-state index contributed by atoms with van der Waals surface area (Å²) in [6, 6.07) is 7.02. The number of halogens is 2. The summed E-state index contributed by atoms with van der Waals surface area (Å²) in [7, 11) is 1.87. The van der Waals surface area contributed by atoms with E-state index in [4.69, 9.17) is 0 Å². The maximum absolute atomic E-state index is 12.1. The van der Waals surface area contributed by atoms with Crippen molar-refractivity contribution in [3.05, 3.63) is 29.8 Å². The Morgan fingerprint density at radius 3 is 2.59 bits per heavy atom. The van der Waals surface area contributed by atoms with Crippen LogP contribution in [0.1, 0.15) is 31.9 Å². The van der Waals surface area contributed by atoms with Crippen LogP contribution < -0.4 is 10.1 Å². The van der Waals surface area contributed by atoms with E-state index in [0.29, 0.717) is 5.92 Å². The van der Waals surface area contributed by atoms with Crippen molar-refractivity contribution in [2.75, 3.05) is 7.05 Å². The minimum atomic E-state index is -2.78. The van der Waals surface area contributed by atoms with Gasteiger partial charge in [-0.3, -0.25) is 0 Å². The first-order chi connectivity index (χ1) is 8.08. The summed E-state index contributed by atoms with van der Waals surface area (Å²) >= 11 is 0. The minimum absolute atomic E-state index is 0.154. The second-order valence-corrected chi connectivity index (χ2v) is 4.10. The van der Waals surface area contributed by atoms with E-state index < -0.39 is 6.61 Å².